The monoisotopic (exact) mass is 342 g/mol. The minimum Gasteiger partial charge on any atom is -0.392 e. The summed E-state index contributed by atoms with van der Waals surface area (Å²) in [4.78, 5) is 14.2. The molecule has 5 heteroatoms. The number of nitrogens with one attached hydrogen (secondary N) is 1. The average Bonchev–Trinajstić information content (AvgIpc) is 3.16. The van der Waals surface area contributed by atoms with Crippen LogP contribution in [0.5, 0.6) is 0 Å². The molecule has 2 aromatic carbocycles. The van der Waals surface area contributed by atoms with Gasteiger partial charge in [-0.3, -0.25) is 4.79 Å². The lowest BCUT2D eigenvalue weighted by Crippen LogP contribution is -2.26. The van der Waals surface area contributed by atoms with Gasteiger partial charge < -0.3 is 15.3 Å². The molecule has 1 saturated heterocycles. The van der Waals surface area contributed by atoms with Crippen molar-refractivity contribution in [2.24, 2.45) is 0 Å². The van der Waals surface area contributed by atoms with E-state index in [4.69, 9.17) is 5.11 Å². The van der Waals surface area contributed by atoms with E-state index in [9.17, 15) is 9.18 Å². The van der Waals surface area contributed by atoms with Crippen LogP contribution in [0.2, 0.25) is 0 Å². The van der Waals surface area contributed by atoms with Gasteiger partial charge in [0.2, 0.25) is 0 Å². The molecular formula is C20H23FN2O2. The number of hydrogen-bond acceptors (Lipinski definition) is 3. The molecule has 0 atom stereocenters. The van der Waals surface area contributed by atoms with Gasteiger partial charge in [0, 0.05) is 25.2 Å². The number of amides is 1. The van der Waals surface area contributed by atoms with Crippen LogP contribution in [-0.4, -0.2) is 30.6 Å². The van der Waals surface area contributed by atoms with E-state index in [1.807, 2.05) is 29.2 Å². The van der Waals surface area contributed by atoms with Crippen LogP contribution in [0.3, 0.4) is 0 Å². The van der Waals surface area contributed by atoms with E-state index in [2.05, 4.69) is 5.32 Å². The van der Waals surface area contributed by atoms with E-state index in [1.165, 1.54) is 6.07 Å². The maximum Gasteiger partial charge on any atom is 0.251 e. The van der Waals surface area contributed by atoms with Gasteiger partial charge in [0.15, 0.2) is 0 Å². The molecule has 132 valence electrons. The highest BCUT2D eigenvalue weighted by Crippen LogP contribution is 2.24. The molecule has 2 N–H and O–H groups in total. The van der Waals surface area contributed by atoms with Gasteiger partial charge >= 0.3 is 0 Å². The fourth-order valence-corrected chi connectivity index (χ4v) is 3.10. The van der Waals surface area contributed by atoms with E-state index in [-0.39, 0.29) is 18.3 Å². The highest BCUT2D eigenvalue weighted by Gasteiger charge is 2.17. The first-order valence-electron chi connectivity index (χ1n) is 8.69. The molecule has 0 spiro atoms. The molecule has 3 rings (SSSR count). The van der Waals surface area contributed by atoms with Crippen LogP contribution in [0, 0.1) is 5.82 Å². The largest absolute Gasteiger partial charge is 0.392 e. The summed E-state index contributed by atoms with van der Waals surface area (Å²) in [5.74, 6) is -0.604. The maximum absolute atomic E-state index is 14.3. The lowest BCUT2D eigenvalue weighted by molar-refractivity contribution is 0.0953. The molecule has 1 aliphatic rings. The van der Waals surface area contributed by atoms with E-state index in [1.54, 1.807) is 12.1 Å². The zero-order chi connectivity index (χ0) is 17.6. The molecule has 0 radical (unpaired) electrons. The summed E-state index contributed by atoms with van der Waals surface area (Å²) >= 11 is 0. The topological polar surface area (TPSA) is 52.6 Å². The molecule has 1 heterocycles. The number of aliphatic hydroxyl groups is 1. The second-order valence-electron chi connectivity index (χ2n) is 6.34. The van der Waals surface area contributed by atoms with Crippen molar-refractivity contribution < 1.29 is 14.3 Å². The molecule has 25 heavy (non-hydrogen) atoms. The summed E-state index contributed by atoms with van der Waals surface area (Å²) in [6.07, 6.45) is 2.85. The quantitative estimate of drug-likeness (QED) is 0.849. The van der Waals surface area contributed by atoms with E-state index >= 15 is 0 Å². The number of hydrogen-bond donors (Lipinski definition) is 2. The highest BCUT2D eigenvalue weighted by molar-refractivity contribution is 5.94. The number of anilines is 1. The molecular weight excluding hydrogens is 319 g/mol. The molecule has 0 unspecified atom stereocenters. The Labute approximate surface area is 147 Å². The predicted octanol–water partition coefficient (Wildman–Crippen LogP) is 2.89. The van der Waals surface area contributed by atoms with E-state index in [0.717, 1.165) is 37.1 Å². The average molecular weight is 342 g/mol. The molecule has 1 fully saturated rings. The third kappa shape index (κ3) is 4.37. The standard InChI is InChI=1S/C20H23FN2O2/c21-18-13-17(7-8-19(18)23-11-1-2-12-23)20(25)22-10-9-15-3-5-16(14-24)6-4-15/h3-8,13,24H,1-2,9-12,14H2,(H,22,25). The fourth-order valence-electron chi connectivity index (χ4n) is 3.10. The van der Waals surface area contributed by atoms with Crippen LogP contribution < -0.4 is 10.2 Å². The number of halogens is 1. The molecule has 0 bridgehead atoms. The van der Waals surface area contributed by atoms with Crippen molar-refractivity contribution in [1.29, 1.82) is 0 Å². The number of benzene rings is 2. The van der Waals surface area contributed by atoms with Gasteiger partial charge in [0.25, 0.3) is 5.91 Å². The van der Waals surface area contributed by atoms with Gasteiger partial charge in [0.05, 0.1) is 12.3 Å². The van der Waals surface area contributed by atoms with Crippen LogP contribution in [0.25, 0.3) is 0 Å². The van der Waals surface area contributed by atoms with Crippen LogP contribution in [-0.2, 0) is 13.0 Å². The Morgan fingerprint density at radius 1 is 1.08 bits per heavy atom. The first-order chi connectivity index (χ1) is 12.2. The molecule has 2 aromatic rings. The van der Waals surface area contributed by atoms with Crippen molar-refractivity contribution >= 4 is 11.6 Å². The fraction of sp³-hybridized carbons (Fsp3) is 0.350. The van der Waals surface area contributed by atoms with Gasteiger partial charge in [0.1, 0.15) is 5.82 Å². The van der Waals surface area contributed by atoms with Crippen molar-refractivity contribution in [3.8, 4) is 0 Å². The van der Waals surface area contributed by atoms with Gasteiger partial charge in [-0.2, -0.15) is 0 Å². The predicted molar refractivity (Wildman–Crippen MR) is 96.2 cm³/mol. The smallest absolute Gasteiger partial charge is 0.251 e. The summed E-state index contributed by atoms with van der Waals surface area (Å²) in [6.45, 7) is 2.25. The molecule has 0 aliphatic carbocycles. The summed E-state index contributed by atoms with van der Waals surface area (Å²) in [7, 11) is 0. The Morgan fingerprint density at radius 3 is 2.40 bits per heavy atom. The third-order valence-electron chi connectivity index (χ3n) is 4.56. The molecule has 1 amide bonds. The van der Waals surface area contributed by atoms with Gasteiger partial charge in [-0.05, 0) is 48.6 Å². The Morgan fingerprint density at radius 2 is 1.76 bits per heavy atom. The number of aliphatic hydroxyl groups excluding tert-OH is 1. The van der Waals surface area contributed by atoms with Gasteiger partial charge in [-0.15, -0.1) is 0 Å². The SMILES string of the molecule is O=C(NCCc1ccc(CO)cc1)c1ccc(N2CCCC2)c(F)c1. The van der Waals surface area contributed by atoms with Gasteiger partial charge in [-0.25, -0.2) is 4.39 Å². The molecule has 0 aromatic heterocycles. The van der Waals surface area contributed by atoms with Crippen LogP contribution in [0.1, 0.15) is 34.3 Å². The van der Waals surface area contributed by atoms with Crippen LogP contribution in [0.4, 0.5) is 10.1 Å². The zero-order valence-corrected chi connectivity index (χ0v) is 14.2. The van der Waals surface area contributed by atoms with Gasteiger partial charge in [-0.1, -0.05) is 24.3 Å². The lowest BCUT2D eigenvalue weighted by Gasteiger charge is -2.18. The Bertz CT molecular complexity index is 725. The normalized spacial score (nSPS) is 13.9. The number of rotatable bonds is 6. The number of carbonyl (C=O) groups is 1. The Hall–Kier alpha value is -2.40. The lowest BCUT2D eigenvalue weighted by atomic mass is 10.1. The Kier molecular flexibility index (Phi) is 5.66. The van der Waals surface area contributed by atoms with Crippen LogP contribution >= 0.6 is 0 Å². The number of carbonyl (C=O) groups excluding carboxylic acids is 1. The zero-order valence-electron chi connectivity index (χ0n) is 14.2. The first kappa shape index (κ1) is 17.4. The summed E-state index contributed by atoms with van der Waals surface area (Å²) in [5.41, 5.74) is 2.86. The molecule has 0 saturated carbocycles. The Balaban J connectivity index is 1.54. The van der Waals surface area contributed by atoms with Crippen molar-refractivity contribution in [2.75, 3.05) is 24.5 Å². The van der Waals surface area contributed by atoms with Crippen molar-refractivity contribution in [1.82, 2.24) is 5.32 Å². The molecule has 4 nitrogen and oxygen atoms in total. The summed E-state index contributed by atoms with van der Waals surface area (Å²) in [6, 6.07) is 12.3. The first-order valence-corrected chi connectivity index (χ1v) is 8.69. The summed E-state index contributed by atoms with van der Waals surface area (Å²) < 4.78 is 14.3. The van der Waals surface area contributed by atoms with Crippen molar-refractivity contribution in [3.05, 3.63) is 65.0 Å². The minimum atomic E-state index is -0.339. The van der Waals surface area contributed by atoms with Crippen molar-refractivity contribution in [3.63, 3.8) is 0 Å². The van der Waals surface area contributed by atoms with E-state index < -0.39 is 0 Å². The number of nitrogens with zero attached hydrogens (tertiary/aromatic N) is 1. The molecule has 1 aliphatic heterocycles. The highest BCUT2D eigenvalue weighted by atomic mass is 19.1. The third-order valence-corrected chi connectivity index (χ3v) is 4.56. The second kappa shape index (κ2) is 8.12. The maximum atomic E-state index is 14.3. The summed E-state index contributed by atoms with van der Waals surface area (Å²) in [5, 5.41) is 11.8. The minimum absolute atomic E-state index is 0.0238. The van der Waals surface area contributed by atoms with E-state index in [0.29, 0.717) is 24.2 Å². The van der Waals surface area contributed by atoms with Crippen LogP contribution in [0.15, 0.2) is 42.5 Å². The van der Waals surface area contributed by atoms with Crippen molar-refractivity contribution in [2.45, 2.75) is 25.9 Å². The second-order valence-corrected chi connectivity index (χ2v) is 6.34.